The lowest BCUT2D eigenvalue weighted by molar-refractivity contribution is -0.236. The van der Waals surface area contributed by atoms with E-state index < -0.39 is 17.9 Å². The number of hydrogen-bond donors (Lipinski definition) is 0. The number of rotatable bonds is 4. The second-order valence-electron chi connectivity index (χ2n) is 7.84. The van der Waals surface area contributed by atoms with Gasteiger partial charge >= 0.3 is 0 Å². The Hall–Kier alpha value is -0.540. The van der Waals surface area contributed by atoms with Gasteiger partial charge in [-0.2, -0.15) is 0 Å². The average molecular weight is 429 g/mol. The highest BCUT2D eigenvalue weighted by Gasteiger charge is 2.58. The summed E-state index contributed by atoms with van der Waals surface area (Å²) in [6.45, 7) is 8.48. The van der Waals surface area contributed by atoms with Gasteiger partial charge in [-0.1, -0.05) is 28.1 Å². The second-order valence-corrected chi connectivity index (χ2v) is 8.75. The Bertz CT molecular complexity index is 646. The monoisotopic (exact) mass is 428 g/mol. The van der Waals surface area contributed by atoms with Crippen LogP contribution in [0.4, 0.5) is 0 Å². The Morgan fingerprint density at radius 2 is 1.73 bits per heavy atom. The molecule has 5 atom stereocenters. The molecule has 7 heteroatoms. The van der Waals surface area contributed by atoms with Gasteiger partial charge in [0.25, 0.3) is 0 Å². The second kappa shape index (κ2) is 6.81. The van der Waals surface area contributed by atoms with Crippen molar-refractivity contribution in [3.8, 4) is 0 Å². The van der Waals surface area contributed by atoms with Crippen molar-refractivity contribution in [3.63, 3.8) is 0 Å². The molecule has 0 N–H and O–H groups in total. The van der Waals surface area contributed by atoms with Gasteiger partial charge in [0, 0.05) is 4.47 Å². The fourth-order valence-electron chi connectivity index (χ4n) is 3.64. The zero-order chi connectivity index (χ0) is 18.5. The van der Waals surface area contributed by atoms with E-state index in [0.29, 0.717) is 13.2 Å². The van der Waals surface area contributed by atoms with Crippen LogP contribution in [0.3, 0.4) is 0 Å². The fourth-order valence-corrected chi connectivity index (χ4v) is 3.91. The van der Waals surface area contributed by atoms with Crippen LogP contribution in [0.25, 0.3) is 0 Å². The first-order valence-corrected chi connectivity index (χ1v) is 9.71. The molecule has 0 aliphatic carbocycles. The summed E-state index contributed by atoms with van der Waals surface area (Å²) in [6, 6.07) is 8.05. The molecule has 0 radical (unpaired) electrons. The maximum absolute atomic E-state index is 6.25. The summed E-state index contributed by atoms with van der Waals surface area (Å²) in [4.78, 5) is 0. The first-order valence-electron chi connectivity index (χ1n) is 8.91. The van der Waals surface area contributed by atoms with Crippen LogP contribution >= 0.6 is 15.9 Å². The van der Waals surface area contributed by atoms with Crippen LogP contribution in [0.2, 0.25) is 0 Å². The quantitative estimate of drug-likeness (QED) is 0.732. The van der Waals surface area contributed by atoms with Crippen LogP contribution in [-0.4, -0.2) is 48.9 Å². The van der Waals surface area contributed by atoms with Crippen LogP contribution < -0.4 is 0 Å². The molecule has 0 amide bonds. The van der Waals surface area contributed by atoms with E-state index in [-0.39, 0.29) is 24.4 Å². The molecular formula is C19H25BrO6. The molecule has 1 aromatic rings. The number of benzene rings is 1. The van der Waals surface area contributed by atoms with Crippen molar-refractivity contribution in [2.24, 2.45) is 0 Å². The summed E-state index contributed by atoms with van der Waals surface area (Å²) in [5.41, 5.74) is 1.08. The average Bonchev–Trinajstić information content (AvgIpc) is 3.16. The van der Waals surface area contributed by atoms with Gasteiger partial charge in [0.1, 0.15) is 24.4 Å². The van der Waals surface area contributed by atoms with Gasteiger partial charge in [0.15, 0.2) is 17.9 Å². The predicted octanol–water partition coefficient (Wildman–Crippen LogP) is 3.36. The lowest BCUT2D eigenvalue weighted by atomic mass is 10.1. The van der Waals surface area contributed by atoms with E-state index in [0.717, 1.165) is 10.0 Å². The summed E-state index contributed by atoms with van der Waals surface area (Å²) in [5, 5.41) is 0. The van der Waals surface area contributed by atoms with Crippen LogP contribution in [-0.2, 0) is 35.0 Å². The van der Waals surface area contributed by atoms with E-state index in [1.807, 2.05) is 52.0 Å². The highest BCUT2D eigenvalue weighted by molar-refractivity contribution is 9.10. The van der Waals surface area contributed by atoms with Gasteiger partial charge in [-0.25, -0.2) is 0 Å². The maximum atomic E-state index is 6.25. The number of hydrogen-bond acceptors (Lipinski definition) is 6. The third-order valence-electron chi connectivity index (χ3n) is 4.78. The molecule has 1 aromatic carbocycles. The Morgan fingerprint density at radius 1 is 1.00 bits per heavy atom. The van der Waals surface area contributed by atoms with E-state index in [1.165, 1.54) is 0 Å². The zero-order valence-corrected chi connectivity index (χ0v) is 17.0. The Labute approximate surface area is 162 Å². The Kier molecular flexibility index (Phi) is 4.93. The largest absolute Gasteiger partial charge is 0.368 e. The van der Waals surface area contributed by atoms with Gasteiger partial charge in [-0.3, -0.25) is 0 Å². The van der Waals surface area contributed by atoms with Crippen LogP contribution in [0.15, 0.2) is 28.7 Å². The molecule has 4 rings (SSSR count). The van der Waals surface area contributed by atoms with Crippen LogP contribution in [0.1, 0.15) is 33.3 Å². The van der Waals surface area contributed by atoms with E-state index in [4.69, 9.17) is 28.4 Å². The summed E-state index contributed by atoms with van der Waals surface area (Å²) < 4.78 is 37.1. The van der Waals surface area contributed by atoms with E-state index in [9.17, 15) is 0 Å². The molecule has 0 spiro atoms. The molecule has 6 nitrogen and oxygen atoms in total. The minimum Gasteiger partial charge on any atom is -0.368 e. The lowest BCUT2D eigenvalue weighted by Gasteiger charge is -2.29. The molecule has 3 saturated heterocycles. The molecule has 3 aliphatic heterocycles. The van der Waals surface area contributed by atoms with Crippen molar-refractivity contribution in [1.29, 1.82) is 0 Å². The number of halogens is 1. The molecular weight excluding hydrogens is 404 g/mol. The highest BCUT2D eigenvalue weighted by Crippen LogP contribution is 2.42. The molecule has 0 unspecified atom stereocenters. The zero-order valence-electron chi connectivity index (χ0n) is 15.4. The van der Waals surface area contributed by atoms with Gasteiger partial charge in [0.2, 0.25) is 0 Å². The van der Waals surface area contributed by atoms with Gasteiger partial charge in [0.05, 0.1) is 13.2 Å². The summed E-state index contributed by atoms with van der Waals surface area (Å²) in [7, 11) is 0. The smallest absolute Gasteiger partial charge is 0.190 e. The molecule has 0 bridgehead atoms. The molecule has 0 aromatic heterocycles. The molecule has 144 valence electrons. The first kappa shape index (κ1) is 18.8. The first-order chi connectivity index (χ1) is 12.2. The summed E-state index contributed by atoms with van der Waals surface area (Å²) >= 11 is 3.45. The molecule has 0 saturated carbocycles. The normalized spacial score (nSPS) is 37.8. The third kappa shape index (κ3) is 3.85. The molecule has 3 aliphatic rings. The minimum atomic E-state index is -0.689. The topological polar surface area (TPSA) is 55.4 Å². The van der Waals surface area contributed by atoms with Gasteiger partial charge in [-0.05, 0) is 45.4 Å². The minimum absolute atomic E-state index is 0.221. The van der Waals surface area contributed by atoms with Crippen molar-refractivity contribution in [1.82, 2.24) is 0 Å². The van der Waals surface area contributed by atoms with Gasteiger partial charge in [-0.15, -0.1) is 0 Å². The number of ether oxygens (including phenoxy) is 6. The van der Waals surface area contributed by atoms with Crippen molar-refractivity contribution in [3.05, 3.63) is 34.3 Å². The summed E-state index contributed by atoms with van der Waals surface area (Å²) in [6.07, 6.45) is -1.58. The van der Waals surface area contributed by atoms with Crippen molar-refractivity contribution in [2.45, 2.75) is 76.6 Å². The van der Waals surface area contributed by atoms with E-state index in [1.54, 1.807) is 0 Å². The van der Waals surface area contributed by atoms with Crippen molar-refractivity contribution < 1.29 is 28.4 Å². The predicted molar refractivity (Wildman–Crippen MR) is 96.3 cm³/mol. The van der Waals surface area contributed by atoms with Gasteiger partial charge < -0.3 is 28.4 Å². The maximum Gasteiger partial charge on any atom is 0.190 e. The molecule has 3 heterocycles. The number of fused-ring (bicyclic) bond motifs is 1. The van der Waals surface area contributed by atoms with Crippen molar-refractivity contribution >= 4 is 15.9 Å². The summed E-state index contributed by atoms with van der Waals surface area (Å²) in [5.74, 6) is -1.31. The van der Waals surface area contributed by atoms with E-state index >= 15 is 0 Å². The SMILES string of the molecule is CC1(C)O[C@H]2O[C@H]([C@H]3COC(C)(C)O3)[C@H](OCc3ccc(Br)cc3)[C@H]2O1. The third-order valence-corrected chi connectivity index (χ3v) is 5.31. The molecule has 3 fully saturated rings. The molecule has 26 heavy (non-hydrogen) atoms. The standard InChI is InChI=1S/C19H25BrO6/c1-18(2)22-10-13(24-18)14-15(16-17(23-14)26-19(3,4)25-16)21-9-11-5-7-12(20)8-6-11/h5-8,13-17H,9-10H2,1-4H3/t13-,14-,15+,16-,17-/m1/s1. The fraction of sp³-hybridized carbons (Fsp3) is 0.684. The van der Waals surface area contributed by atoms with Crippen molar-refractivity contribution in [2.75, 3.05) is 6.61 Å². The van der Waals surface area contributed by atoms with Crippen LogP contribution in [0, 0.1) is 0 Å². The highest BCUT2D eigenvalue weighted by atomic mass is 79.9. The Morgan fingerprint density at radius 3 is 2.38 bits per heavy atom. The Balaban J connectivity index is 1.49. The lowest BCUT2D eigenvalue weighted by Crippen LogP contribution is -2.44. The van der Waals surface area contributed by atoms with E-state index in [2.05, 4.69) is 15.9 Å². The van der Waals surface area contributed by atoms with Crippen LogP contribution in [0.5, 0.6) is 0 Å².